The van der Waals surface area contributed by atoms with Gasteiger partial charge >= 0.3 is 0 Å². The summed E-state index contributed by atoms with van der Waals surface area (Å²) in [4.78, 5) is 2.21. The Hall–Kier alpha value is -2.37. The Balaban J connectivity index is 2.28. The molecule has 0 aliphatic carbocycles. The normalized spacial score (nSPS) is 12.2. The number of hydrogen-bond donors (Lipinski definition) is 0. The first-order valence-electron chi connectivity index (χ1n) is 6.37. The molecular formula is C18H16N-. The Kier molecular flexibility index (Phi) is 7.45. The van der Waals surface area contributed by atoms with Crippen LogP contribution >= 0.6 is 0 Å². The molecule has 0 atom stereocenters. The fourth-order valence-corrected chi connectivity index (χ4v) is 1.40. The second-order valence-electron chi connectivity index (χ2n) is 4.32. The van der Waals surface area contributed by atoms with Gasteiger partial charge in [0.05, 0.1) is 0 Å². The highest BCUT2D eigenvalue weighted by molar-refractivity contribution is 5.42. The molecule has 0 N–H and O–H groups in total. The standard InChI is InChI=1S/C18H16N/c1-18(2)14-10-8-6-4-3-5-7-9-11-15-19-16-12-13-17-19/h15,18H,12-13,16-17H2,1-2H3/q-1. The Bertz CT molecular complexity index is 577. The first-order valence-corrected chi connectivity index (χ1v) is 6.37. The SMILES string of the molecule is CC(C)C#CC#CC#CC#CC#C[CH-]N1CCCC1. The lowest BCUT2D eigenvalue weighted by Gasteiger charge is -2.15. The van der Waals surface area contributed by atoms with Crippen molar-refractivity contribution in [2.45, 2.75) is 26.7 Å². The van der Waals surface area contributed by atoms with Crippen molar-refractivity contribution in [1.82, 2.24) is 4.90 Å². The molecule has 1 aliphatic rings. The summed E-state index contributed by atoms with van der Waals surface area (Å²) >= 11 is 0. The van der Waals surface area contributed by atoms with Gasteiger partial charge in [-0.25, -0.2) is 5.92 Å². The van der Waals surface area contributed by atoms with E-state index in [0.29, 0.717) is 5.92 Å². The summed E-state index contributed by atoms with van der Waals surface area (Å²) in [6.07, 6.45) is 2.52. The Labute approximate surface area is 117 Å². The van der Waals surface area contributed by atoms with Crippen LogP contribution in [0.2, 0.25) is 0 Å². The van der Waals surface area contributed by atoms with E-state index >= 15 is 0 Å². The zero-order valence-corrected chi connectivity index (χ0v) is 11.4. The molecule has 94 valence electrons. The van der Waals surface area contributed by atoms with Crippen molar-refractivity contribution in [3.63, 3.8) is 0 Å². The Morgan fingerprint density at radius 2 is 1.32 bits per heavy atom. The topological polar surface area (TPSA) is 3.24 Å². The zero-order chi connectivity index (χ0) is 13.8. The van der Waals surface area contributed by atoms with Crippen LogP contribution in [-0.2, 0) is 0 Å². The van der Waals surface area contributed by atoms with E-state index in [2.05, 4.69) is 64.1 Å². The number of hydrogen-bond acceptors (Lipinski definition) is 1. The Morgan fingerprint density at radius 1 is 0.789 bits per heavy atom. The van der Waals surface area contributed by atoms with Crippen LogP contribution in [0.1, 0.15) is 26.7 Å². The fourth-order valence-electron chi connectivity index (χ4n) is 1.40. The van der Waals surface area contributed by atoms with Gasteiger partial charge in [0.1, 0.15) is 0 Å². The second-order valence-corrected chi connectivity index (χ2v) is 4.32. The van der Waals surface area contributed by atoms with Gasteiger partial charge in [-0.3, -0.25) is 5.92 Å². The average molecular weight is 246 g/mol. The highest BCUT2D eigenvalue weighted by Crippen LogP contribution is 2.07. The van der Waals surface area contributed by atoms with Gasteiger partial charge in [0.25, 0.3) is 0 Å². The Morgan fingerprint density at radius 3 is 1.89 bits per heavy atom. The molecule has 0 unspecified atom stereocenters. The predicted molar refractivity (Wildman–Crippen MR) is 78.8 cm³/mol. The zero-order valence-electron chi connectivity index (χ0n) is 11.4. The van der Waals surface area contributed by atoms with Crippen molar-refractivity contribution < 1.29 is 0 Å². The summed E-state index contributed by atoms with van der Waals surface area (Å²) < 4.78 is 0. The van der Waals surface area contributed by atoms with Gasteiger partial charge in [-0.1, -0.05) is 19.8 Å². The van der Waals surface area contributed by atoms with Crippen LogP contribution in [0.4, 0.5) is 0 Å². The molecule has 0 saturated carbocycles. The lowest BCUT2D eigenvalue weighted by molar-refractivity contribution is 0.437. The van der Waals surface area contributed by atoms with E-state index < -0.39 is 0 Å². The fraction of sp³-hybridized carbons (Fsp3) is 0.389. The van der Waals surface area contributed by atoms with Gasteiger partial charge in [0, 0.05) is 5.92 Å². The van der Waals surface area contributed by atoms with Crippen LogP contribution in [0.3, 0.4) is 0 Å². The van der Waals surface area contributed by atoms with E-state index in [4.69, 9.17) is 0 Å². The molecule has 0 aromatic heterocycles. The molecule has 0 radical (unpaired) electrons. The first-order chi connectivity index (χ1) is 9.29. The molecule has 1 nitrogen and oxygen atoms in total. The maximum atomic E-state index is 2.93. The number of rotatable bonds is 1. The minimum absolute atomic E-state index is 0.337. The van der Waals surface area contributed by atoms with E-state index in [1.165, 1.54) is 12.8 Å². The lowest BCUT2D eigenvalue weighted by Crippen LogP contribution is -2.13. The molecule has 1 heterocycles. The lowest BCUT2D eigenvalue weighted by atomic mass is 10.2. The largest absolute Gasteiger partial charge is 0.352 e. The van der Waals surface area contributed by atoms with Crippen LogP contribution in [0, 0.1) is 71.7 Å². The third-order valence-corrected chi connectivity index (χ3v) is 2.26. The molecule has 0 aromatic rings. The highest BCUT2D eigenvalue weighted by atomic mass is 15.1. The molecule has 19 heavy (non-hydrogen) atoms. The van der Waals surface area contributed by atoms with Crippen LogP contribution in [0.15, 0.2) is 0 Å². The maximum Gasteiger partial charge on any atom is 0.0156 e. The highest BCUT2D eigenvalue weighted by Gasteiger charge is 2.04. The molecule has 0 aromatic carbocycles. The summed E-state index contributed by atoms with van der Waals surface area (Å²) in [5.74, 6) is 27.5. The summed E-state index contributed by atoms with van der Waals surface area (Å²) in [5, 5.41) is 0. The molecular weight excluding hydrogens is 230 g/mol. The molecule has 0 spiro atoms. The molecule has 1 fully saturated rings. The van der Waals surface area contributed by atoms with E-state index in [1.54, 1.807) is 0 Å². The molecule has 0 bridgehead atoms. The van der Waals surface area contributed by atoms with Crippen LogP contribution in [0.25, 0.3) is 0 Å². The minimum atomic E-state index is 0.337. The van der Waals surface area contributed by atoms with Crippen molar-refractivity contribution in [3.8, 4) is 59.2 Å². The molecule has 0 amide bonds. The average Bonchev–Trinajstić information content (AvgIpc) is 2.88. The van der Waals surface area contributed by atoms with Crippen molar-refractivity contribution in [2.75, 3.05) is 13.1 Å². The van der Waals surface area contributed by atoms with Gasteiger partial charge in [-0.05, 0) is 61.5 Å². The predicted octanol–water partition coefficient (Wildman–Crippen LogP) is 1.92. The third-order valence-electron chi connectivity index (χ3n) is 2.26. The van der Waals surface area contributed by atoms with Crippen LogP contribution < -0.4 is 0 Å². The van der Waals surface area contributed by atoms with E-state index in [9.17, 15) is 0 Å². The smallest absolute Gasteiger partial charge is 0.0156 e. The van der Waals surface area contributed by atoms with Crippen molar-refractivity contribution in [1.29, 1.82) is 0 Å². The summed E-state index contributed by atoms with van der Waals surface area (Å²) in [5.41, 5.74) is 0. The van der Waals surface area contributed by atoms with Gasteiger partial charge in [0.2, 0.25) is 0 Å². The van der Waals surface area contributed by atoms with Gasteiger partial charge in [0.15, 0.2) is 0 Å². The molecule has 1 saturated heterocycles. The maximum absolute atomic E-state index is 2.93. The molecule has 1 aliphatic heterocycles. The quantitative estimate of drug-likeness (QED) is 0.505. The van der Waals surface area contributed by atoms with E-state index in [0.717, 1.165) is 13.1 Å². The first kappa shape index (κ1) is 14.7. The van der Waals surface area contributed by atoms with Gasteiger partial charge in [-0.15, -0.1) is 12.5 Å². The van der Waals surface area contributed by atoms with Crippen LogP contribution in [-0.4, -0.2) is 18.0 Å². The monoisotopic (exact) mass is 246 g/mol. The number of nitrogens with zero attached hydrogens (tertiary/aromatic N) is 1. The third kappa shape index (κ3) is 8.37. The van der Waals surface area contributed by atoms with E-state index in [-0.39, 0.29) is 0 Å². The van der Waals surface area contributed by atoms with E-state index in [1.807, 2.05) is 20.4 Å². The minimum Gasteiger partial charge on any atom is -0.352 e. The summed E-state index contributed by atoms with van der Waals surface area (Å²) in [7, 11) is 0. The van der Waals surface area contributed by atoms with Crippen molar-refractivity contribution >= 4 is 0 Å². The van der Waals surface area contributed by atoms with Gasteiger partial charge < -0.3 is 4.90 Å². The van der Waals surface area contributed by atoms with Crippen molar-refractivity contribution in [3.05, 3.63) is 6.54 Å². The second kappa shape index (κ2) is 9.64. The summed E-state index contributed by atoms with van der Waals surface area (Å²) in [6, 6.07) is 0. The van der Waals surface area contributed by atoms with Crippen LogP contribution in [0.5, 0.6) is 0 Å². The summed E-state index contributed by atoms with van der Waals surface area (Å²) in [6.45, 7) is 8.15. The van der Waals surface area contributed by atoms with Gasteiger partial charge in [-0.2, -0.15) is 0 Å². The number of likely N-dealkylation sites (tertiary alicyclic amines) is 1. The molecule has 1 heteroatoms. The van der Waals surface area contributed by atoms with Crippen molar-refractivity contribution in [2.24, 2.45) is 5.92 Å². The molecule has 1 rings (SSSR count).